The van der Waals surface area contributed by atoms with Crippen molar-refractivity contribution in [3.63, 3.8) is 0 Å². The molecular weight excluding hydrogens is 411 g/mol. The molecule has 1 atom stereocenters. The first-order valence-corrected chi connectivity index (χ1v) is 10.1. The Kier molecular flexibility index (Phi) is 6.90. The molecule has 29 heavy (non-hydrogen) atoms. The van der Waals surface area contributed by atoms with Gasteiger partial charge in [0.15, 0.2) is 0 Å². The molecule has 0 bridgehead atoms. The van der Waals surface area contributed by atoms with Crippen molar-refractivity contribution >= 4 is 22.8 Å². The van der Waals surface area contributed by atoms with Crippen LogP contribution in [-0.4, -0.2) is 90.5 Å². The summed E-state index contributed by atoms with van der Waals surface area (Å²) in [5, 5.41) is -0.837. The molecular formula is C19H25ClF3N3O3. The van der Waals surface area contributed by atoms with E-state index in [4.69, 9.17) is 16.3 Å². The van der Waals surface area contributed by atoms with Gasteiger partial charge >= 0.3 is 12.1 Å². The number of carbonyl (C=O) groups excluding carboxylic acids is 2. The van der Waals surface area contributed by atoms with E-state index < -0.39 is 29.4 Å². The lowest BCUT2D eigenvalue weighted by atomic mass is 9.91. The molecule has 3 rings (SSSR count). The largest absolute Gasteiger partial charge is 0.471 e. The van der Waals surface area contributed by atoms with Crippen LogP contribution in [0.15, 0.2) is 23.4 Å². The number of hydrogen-bond donors (Lipinski definition) is 0. The number of hydrogen-bond acceptors (Lipinski definition) is 5. The maximum Gasteiger partial charge on any atom is 0.471 e. The zero-order chi connectivity index (χ0) is 21.2. The summed E-state index contributed by atoms with van der Waals surface area (Å²) in [4.78, 5) is 29.5. The van der Waals surface area contributed by atoms with Crippen molar-refractivity contribution in [2.75, 3.05) is 46.4 Å². The normalized spacial score (nSPS) is 24.7. The average molecular weight is 436 g/mol. The van der Waals surface area contributed by atoms with Gasteiger partial charge in [0.2, 0.25) is 5.24 Å². The Labute approximate surface area is 172 Å². The standard InChI is InChI=1S/C19H25ClF3N3O3/c1-24-6-8-25(9-7-24)14-2-3-15(17(20)27)16(12-14)26(18(28)19(21,22)23)13-4-10-29-11-5-13/h2-3,13,16H,4-12H2,1H3. The monoisotopic (exact) mass is 435 g/mol. The Morgan fingerprint density at radius 1 is 1.14 bits per heavy atom. The van der Waals surface area contributed by atoms with Crippen molar-refractivity contribution in [3.8, 4) is 0 Å². The number of carbonyl (C=O) groups is 2. The second-order valence-corrected chi connectivity index (χ2v) is 7.96. The van der Waals surface area contributed by atoms with Crippen LogP contribution in [0.25, 0.3) is 0 Å². The first-order chi connectivity index (χ1) is 13.7. The first-order valence-electron chi connectivity index (χ1n) is 9.69. The van der Waals surface area contributed by atoms with Gasteiger partial charge in [-0.05, 0) is 37.6 Å². The van der Waals surface area contributed by atoms with E-state index in [1.807, 2.05) is 7.05 Å². The average Bonchev–Trinajstić information content (AvgIpc) is 2.68. The summed E-state index contributed by atoms with van der Waals surface area (Å²) < 4.78 is 45.6. The molecule has 0 aromatic carbocycles. The molecule has 0 N–H and O–H groups in total. The predicted octanol–water partition coefficient (Wildman–Crippen LogP) is 2.15. The maximum absolute atomic E-state index is 13.4. The first kappa shape index (κ1) is 22.1. The van der Waals surface area contributed by atoms with E-state index in [2.05, 4.69) is 9.80 Å². The van der Waals surface area contributed by atoms with E-state index in [0.29, 0.717) is 0 Å². The SMILES string of the molecule is CN1CCN(C2=CC=C(C(=O)Cl)C(N(C(=O)C(F)(F)F)C3CCOCC3)C2)CC1. The number of halogens is 4. The molecule has 0 aromatic heterocycles. The molecule has 2 fully saturated rings. The summed E-state index contributed by atoms with van der Waals surface area (Å²) in [5.74, 6) is -1.93. The van der Waals surface area contributed by atoms with Crippen molar-refractivity contribution in [1.29, 1.82) is 0 Å². The second-order valence-electron chi connectivity index (χ2n) is 7.62. The van der Waals surface area contributed by atoms with Crippen LogP contribution in [-0.2, 0) is 14.3 Å². The van der Waals surface area contributed by atoms with Crippen LogP contribution >= 0.6 is 11.6 Å². The van der Waals surface area contributed by atoms with Gasteiger partial charge in [-0.15, -0.1) is 0 Å². The van der Waals surface area contributed by atoms with Gasteiger partial charge in [-0.3, -0.25) is 9.59 Å². The lowest BCUT2D eigenvalue weighted by molar-refractivity contribution is -0.191. The van der Waals surface area contributed by atoms with Crippen LogP contribution in [0.3, 0.4) is 0 Å². The lowest BCUT2D eigenvalue weighted by Gasteiger charge is -2.44. The van der Waals surface area contributed by atoms with Gasteiger partial charge in [0.05, 0.1) is 6.04 Å². The Morgan fingerprint density at radius 3 is 2.31 bits per heavy atom. The van der Waals surface area contributed by atoms with Crippen LogP contribution in [0.2, 0.25) is 0 Å². The van der Waals surface area contributed by atoms with Crippen LogP contribution in [0.4, 0.5) is 13.2 Å². The molecule has 0 radical (unpaired) electrons. The molecule has 6 nitrogen and oxygen atoms in total. The van der Waals surface area contributed by atoms with E-state index in [1.54, 1.807) is 6.08 Å². The summed E-state index contributed by atoms with van der Waals surface area (Å²) in [6.45, 7) is 3.67. The van der Waals surface area contributed by atoms with Crippen molar-refractivity contribution in [1.82, 2.24) is 14.7 Å². The van der Waals surface area contributed by atoms with E-state index in [0.717, 1.165) is 36.8 Å². The molecule has 0 spiro atoms. The van der Waals surface area contributed by atoms with Gasteiger partial charge < -0.3 is 19.4 Å². The van der Waals surface area contributed by atoms with Crippen molar-refractivity contribution in [2.24, 2.45) is 0 Å². The predicted molar refractivity (Wildman–Crippen MR) is 101 cm³/mol. The number of rotatable bonds is 4. The molecule has 3 aliphatic rings. The van der Waals surface area contributed by atoms with Crippen molar-refractivity contribution < 1.29 is 27.5 Å². The zero-order valence-electron chi connectivity index (χ0n) is 16.3. The van der Waals surface area contributed by atoms with E-state index >= 15 is 0 Å². The number of piperazine rings is 1. The molecule has 0 aromatic rings. The van der Waals surface area contributed by atoms with Gasteiger partial charge in [0, 0.05) is 63.1 Å². The highest BCUT2D eigenvalue weighted by Crippen LogP contribution is 2.34. The summed E-state index contributed by atoms with van der Waals surface area (Å²) in [6, 6.07) is -1.70. The van der Waals surface area contributed by atoms with Crippen LogP contribution in [0, 0.1) is 0 Å². The van der Waals surface area contributed by atoms with E-state index in [1.165, 1.54) is 6.08 Å². The second kappa shape index (κ2) is 9.06. The minimum atomic E-state index is -5.03. The summed E-state index contributed by atoms with van der Waals surface area (Å²) >= 11 is 5.71. The lowest BCUT2D eigenvalue weighted by Crippen LogP contribution is -2.56. The van der Waals surface area contributed by atoms with Gasteiger partial charge in [-0.1, -0.05) is 6.08 Å². The van der Waals surface area contributed by atoms with Gasteiger partial charge in [-0.2, -0.15) is 13.2 Å². The summed E-state index contributed by atoms with van der Waals surface area (Å²) in [7, 11) is 2.01. The molecule has 2 aliphatic heterocycles. The number of nitrogens with zero attached hydrogens (tertiary/aromatic N) is 3. The van der Waals surface area contributed by atoms with Crippen molar-refractivity contribution in [2.45, 2.75) is 37.5 Å². The number of amides is 1. The third-order valence-electron chi connectivity index (χ3n) is 5.75. The summed E-state index contributed by atoms with van der Waals surface area (Å²) in [5.41, 5.74) is 0.838. The van der Waals surface area contributed by atoms with Gasteiger partial charge in [-0.25, -0.2) is 0 Å². The Balaban J connectivity index is 1.92. The number of alkyl halides is 3. The van der Waals surface area contributed by atoms with Gasteiger partial charge in [0.1, 0.15) is 0 Å². The third-order valence-corrected chi connectivity index (χ3v) is 5.97. The van der Waals surface area contributed by atoms with Crippen LogP contribution in [0.1, 0.15) is 19.3 Å². The quantitative estimate of drug-likeness (QED) is 0.633. The third kappa shape index (κ3) is 5.13. The molecule has 0 saturated carbocycles. The van der Waals surface area contributed by atoms with Crippen molar-refractivity contribution in [3.05, 3.63) is 23.4 Å². The Hall–Kier alpha value is -1.58. The molecule has 1 aliphatic carbocycles. The fourth-order valence-electron chi connectivity index (χ4n) is 4.12. The zero-order valence-corrected chi connectivity index (χ0v) is 17.0. The minimum absolute atomic E-state index is 0.0219. The topological polar surface area (TPSA) is 53.1 Å². The highest BCUT2D eigenvalue weighted by atomic mass is 35.5. The highest BCUT2D eigenvalue weighted by molar-refractivity contribution is 6.67. The Morgan fingerprint density at radius 2 is 1.76 bits per heavy atom. The molecule has 10 heteroatoms. The minimum Gasteiger partial charge on any atom is -0.381 e. The molecule has 2 saturated heterocycles. The fourth-order valence-corrected chi connectivity index (χ4v) is 4.31. The molecule has 1 amide bonds. The highest BCUT2D eigenvalue weighted by Gasteiger charge is 2.49. The number of likely N-dealkylation sites (N-methyl/N-ethyl adjacent to an activating group) is 1. The Bertz CT molecular complexity index is 697. The molecule has 162 valence electrons. The number of ether oxygens (including phenoxy) is 1. The number of allylic oxidation sites excluding steroid dienone is 2. The molecule has 1 unspecified atom stereocenters. The van der Waals surface area contributed by atoms with Crippen LogP contribution < -0.4 is 0 Å². The fraction of sp³-hybridized carbons (Fsp3) is 0.684. The van der Waals surface area contributed by atoms with Gasteiger partial charge in [0.25, 0.3) is 0 Å². The maximum atomic E-state index is 13.4. The smallest absolute Gasteiger partial charge is 0.381 e. The van der Waals surface area contributed by atoms with Crippen LogP contribution in [0.5, 0.6) is 0 Å². The summed E-state index contributed by atoms with van der Waals surface area (Å²) in [6.07, 6.45) is -1.13. The molecule has 2 heterocycles. The van der Waals surface area contributed by atoms with E-state index in [9.17, 15) is 22.8 Å². The van der Waals surface area contributed by atoms with E-state index in [-0.39, 0.29) is 38.0 Å².